The van der Waals surface area contributed by atoms with Crippen LogP contribution >= 0.6 is 0 Å². The number of methoxy groups -OCH3 is 1. The number of hydrogen-bond acceptors (Lipinski definition) is 5. The molecule has 88 valence electrons. The zero-order chi connectivity index (χ0) is 11.7. The van der Waals surface area contributed by atoms with Gasteiger partial charge in [-0.05, 0) is 6.92 Å². The van der Waals surface area contributed by atoms with Crippen molar-refractivity contribution in [2.75, 3.05) is 33.5 Å². The van der Waals surface area contributed by atoms with Gasteiger partial charge in [0.1, 0.15) is 6.73 Å². The lowest BCUT2D eigenvalue weighted by Gasteiger charge is -2.19. The Hall–Kier alpha value is -1.34. The fraction of sp³-hybridized carbons (Fsp3) is 0.750. The van der Waals surface area contributed by atoms with E-state index in [1.165, 1.54) is 7.11 Å². The summed E-state index contributed by atoms with van der Waals surface area (Å²) in [4.78, 5) is 23.6. The number of amides is 3. The number of imide groups is 1. The lowest BCUT2D eigenvalue weighted by molar-refractivity contribution is 0.109. The van der Waals surface area contributed by atoms with Crippen molar-refractivity contribution in [2.45, 2.75) is 6.92 Å². The van der Waals surface area contributed by atoms with Crippen molar-refractivity contribution in [3.8, 4) is 0 Å². The second-order valence-electron chi connectivity index (χ2n) is 2.55. The van der Waals surface area contributed by atoms with E-state index >= 15 is 0 Å². The molecule has 0 heterocycles. The molecule has 0 unspecified atom stereocenters. The molecule has 0 aromatic rings. The van der Waals surface area contributed by atoms with Crippen LogP contribution in [0, 0.1) is 0 Å². The first-order valence-corrected chi connectivity index (χ1v) is 4.58. The fourth-order valence-corrected chi connectivity index (χ4v) is 0.836. The normalized spacial score (nSPS) is 9.53. The van der Waals surface area contributed by atoms with Crippen LogP contribution in [0.4, 0.5) is 9.59 Å². The van der Waals surface area contributed by atoms with Crippen LogP contribution in [0.15, 0.2) is 0 Å². The van der Waals surface area contributed by atoms with Crippen molar-refractivity contribution < 1.29 is 19.1 Å². The van der Waals surface area contributed by atoms with Gasteiger partial charge in [-0.2, -0.15) is 0 Å². The number of ether oxygens (including phenoxy) is 2. The van der Waals surface area contributed by atoms with Gasteiger partial charge in [0.2, 0.25) is 0 Å². The Morgan fingerprint density at radius 3 is 2.60 bits per heavy atom. The molecule has 0 aliphatic heterocycles. The minimum absolute atomic E-state index is 0.0271. The molecule has 3 N–H and O–H groups in total. The highest BCUT2D eigenvalue weighted by molar-refractivity contribution is 5.90. The van der Waals surface area contributed by atoms with E-state index in [0.29, 0.717) is 0 Å². The number of nitrogens with one attached hydrogen (secondary N) is 1. The van der Waals surface area contributed by atoms with Crippen molar-refractivity contribution in [1.82, 2.24) is 10.2 Å². The second kappa shape index (κ2) is 8.01. The molecule has 0 aliphatic carbocycles. The molecule has 3 amide bonds. The minimum Gasteiger partial charge on any atom is -0.449 e. The maximum atomic E-state index is 11.4. The first-order chi connectivity index (χ1) is 7.17. The zero-order valence-electron chi connectivity index (χ0n) is 8.99. The highest BCUT2D eigenvalue weighted by Crippen LogP contribution is 1.94. The molecule has 0 atom stereocenters. The van der Waals surface area contributed by atoms with Crippen molar-refractivity contribution in [3.05, 3.63) is 0 Å². The average Bonchev–Trinajstić information content (AvgIpc) is 2.22. The summed E-state index contributed by atoms with van der Waals surface area (Å²) in [5.41, 5.74) is 5.27. The smallest absolute Gasteiger partial charge is 0.418 e. The zero-order valence-corrected chi connectivity index (χ0v) is 8.99. The van der Waals surface area contributed by atoms with Gasteiger partial charge < -0.3 is 20.5 Å². The molecule has 7 nitrogen and oxygen atoms in total. The van der Waals surface area contributed by atoms with E-state index in [1.54, 1.807) is 6.92 Å². The third kappa shape index (κ3) is 5.18. The number of rotatable bonds is 5. The van der Waals surface area contributed by atoms with E-state index in [-0.39, 0.29) is 26.4 Å². The van der Waals surface area contributed by atoms with E-state index in [4.69, 9.17) is 5.73 Å². The maximum absolute atomic E-state index is 11.4. The summed E-state index contributed by atoms with van der Waals surface area (Å²) >= 11 is 0. The Morgan fingerprint density at radius 2 is 2.13 bits per heavy atom. The predicted octanol–water partition coefficient (Wildman–Crippen LogP) is -0.283. The molecule has 0 saturated carbocycles. The van der Waals surface area contributed by atoms with Gasteiger partial charge in [0.25, 0.3) is 0 Å². The predicted molar refractivity (Wildman–Crippen MR) is 53.2 cm³/mol. The Kier molecular flexibility index (Phi) is 7.29. The molecule has 0 aliphatic rings. The van der Waals surface area contributed by atoms with Gasteiger partial charge in [-0.3, -0.25) is 0 Å². The summed E-state index contributed by atoms with van der Waals surface area (Å²) < 4.78 is 9.33. The van der Waals surface area contributed by atoms with Crippen LogP contribution in [0.5, 0.6) is 0 Å². The summed E-state index contributed by atoms with van der Waals surface area (Å²) in [6.45, 7) is 2.18. The highest BCUT2D eigenvalue weighted by atomic mass is 16.6. The summed E-state index contributed by atoms with van der Waals surface area (Å²) in [6.07, 6.45) is -0.712. The monoisotopic (exact) mass is 219 g/mol. The molecular formula is C8H17N3O4. The summed E-state index contributed by atoms with van der Waals surface area (Å²) in [5.74, 6) is 0. The van der Waals surface area contributed by atoms with Gasteiger partial charge >= 0.3 is 12.1 Å². The van der Waals surface area contributed by atoms with E-state index in [2.05, 4.69) is 14.8 Å². The number of carbonyl (C=O) groups is 2. The lowest BCUT2D eigenvalue weighted by Crippen LogP contribution is -2.46. The number of carbonyl (C=O) groups excluding carboxylic acids is 2. The van der Waals surface area contributed by atoms with Crippen LogP contribution in [0.1, 0.15) is 6.92 Å². The molecule has 0 radical (unpaired) electrons. The molecule has 15 heavy (non-hydrogen) atoms. The maximum Gasteiger partial charge on any atom is 0.418 e. The van der Waals surface area contributed by atoms with Crippen LogP contribution in [-0.4, -0.2) is 50.6 Å². The largest absolute Gasteiger partial charge is 0.449 e. The van der Waals surface area contributed by atoms with E-state index in [0.717, 1.165) is 4.90 Å². The molecule has 0 saturated heterocycles. The summed E-state index contributed by atoms with van der Waals surface area (Å²) in [7, 11) is 1.43. The van der Waals surface area contributed by atoms with Gasteiger partial charge in [0, 0.05) is 20.2 Å². The Bertz CT molecular complexity index is 210. The quantitative estimate of drug-likeness (QED) is 0.620. The molecule has 0 spiro atoms. The third-order valence-corrected chi connectivity index (χ3v) is 1.45. The van der Waals surface area contributed by atoms with Gasteiger partial charge in [0.05, 0.1) is 6.61 Å². The lowest BCUT2D eigenvalue weighted by atomic mass is 10.5. The molecule has 0 aromatic carbocycles. The molecule has 0 rings (SSSR count). The van der Waals surface area contributed by atoms with Gasteiger partial charge in [0.15, 0.2) is 0 Å². The van der Waals surface area contributed by atoms with E-state index < -0.39 is 12.1 Å². The van der Waals surface area contributed by atoms with Crippen molar-refractivity contribution in [1.29, 1.82) is 0 Å². The first kappa shape index (κ1) is 13.7. The Morgan fingerprint density at radius 1 is 1.47 bits per heavy atom. The number of nitrogens with zero attached hydrogens (tertiary/aromatic N) is 1. The van der Waals surface area contributed by atoms with Crippen LogP contribution < -0.4 is 11.1 Å². The minimum atomic E-state index is -0.712. The fourth-order valence-electron chi connectivity index (χ4n) is 0.836. The molecule has 0 fully saturated rings. The van der Waals surface area contributed by atoms with Gasteiger partial charge in [-0.15, -0.1) is 0 Å². The van der Waals surface area contributed by atoms with E-state index in [1.807, 2.05) is 0 Å². The molecule has 0 aromatic heterocycles. The van der Waals surface area contributed by atoms with Crippen molar-refractivity contribution in [2.24, 2.45) is 5.73 Å². The van der Waals surface area contributed by atoms with Crippen LogP contribution in [-0.2, 0) is 9.47 Å². The summed E-state index contributed by atoms with van der Waals surface area (Å²) in [5, 5.41) is 2.36. The SMILES string of the molecule is CCOC(=O)N(CCN)C(=O)NCOC. The summed E-state index contributed by atoms with van der Waals surface area (Å²) in [6, 6.07) is -0.583. The third-order valence-electron chi connectivity index (χ3n) is 1.45. The van der Waals surface area contributed by atoms with Gasteiger partial charge in [-0.25, -0.2) is 14.5 Å². The van der Waals surface area contributed by atoms with Crippen LogP contribution in [0.2, 0.25) is 0 Å². The standard InChI is InChI=1S/C8H17N3O4/c1-3-15-8(13)11(5-4-9)7(12)10-6-14-2/h3-6,9H2,1-2H3,(H,10,12). The molecular weight excluding hydrogens is 202 g/mol. The van der Waals surface area contributed by atoms with Gasteiger partial charge in [-0.1, -0.05) is 0 Å². The molecule has 7 heteroatoms. The van der Waals surface area contributed by atoms with Crippen molar-refractivity contribution >= 4 is 12.1 Å². The molecule has 0 bridgehead atoms. The Balaban J connectivity index is 4.23. The number of hydrogen-bond donors (Lipinski definition) is 2. The Labute approximate surface area is 88.5 Å². The number of urea groups is 1. The van der Waals surface area contributed by atoms with Crippen LogP contribution in [0.3, 0.4) is 0 Å². The van der Waals surface area contributed by atoms with Crippen molar-refractivity contribution in [3.63, 3.8) is 0 Å². The van der Waals surface area contributed by atoms with E-state index in [9.17, 15) is 9.59 Å². The number of nitrogens with two attached hydrogens (primary N) is 1. The van der Waals surface area contributed by atoms with Crippen LogP contribution in [0.25, 0.3) is 0 Å². The topological polar surface area (TPSA) is 93.9 Å². The second-order valence-corrected chi connectivity index (χ2v) is 2.55. The highest BCUT2D eigenvalue weighted by Gasteiger charge is 2.21. The first-order valence-electron chi connectivity index (χ1n) is 4.58. The average molecular weight is 219 g/mol.